The molecule has 1 aromatic rings. The highest BCUT2D eigenvalue weighted by atomic mass is 127. The number of quaternary nitrogens is 4. The van der Waals surface area contributed by atoms with Crippen LogP contribution in [-0.2, 0) is 51.7 Å². The van der Waals surface area contributed by atoms with Gasteiger partial charge in [0.2, 0.25) is 0 Å². The van der Waals surface area contributed by atoms with E-state index >= 15 is 0 Å². The van der Waals surface area contributed by atoms with E-state index in [9.17, 15) is 8.42 Å². The van der Waals surface area contributed by atoms with Crippen molar-refractivity contribution in [2.75, 3.05) is 242 Å². The zero-order chi connectivity index (χ0) is 54.8. The summed E-state index contributed by atoms with van der Waals surface area (Å²) in [5.41, 5.74) is 2.19. The van der Waals surface area contributed by atoms with Gasteiger partial charge in [0.1, 0.15) is 26.2 Å². The van der Waals surface area contributed by atoms with Gasteiger partial charge in [-0.2, -0.15) is 8.42 Å². The Morgan fingerprint density at radius 1 is 0.579 bits per heavy atom. The van der Waals surface area contributed by atoms with Crippen LogP contribution in [0.5, 0.6) is 0 Å². The molecule has 1 N–H and O–H groups in total. The molecule has 0 saturated carbocycles. The fraction of sp³-hybridized carbons (Fsp3) is 0.907. The first-order valence-corrected chi connectivity index (χ1v) is 29.0. The molecule has 0 amide bonds. The van der Waals surface area contributed by atoms with E-state index < -0.39 is 10.1 Å². The largest absolute Gasteiger partial charge is 1.00 e. The minimum absolute atomic E-state index is 0. The van der Waals surface area contributed by atoms with Crippen molar-refractivity contribution in [3.63, 3.8) is 0 Å². The van der Waals surface area contributed by atoms with Crippen molar-refractivity contribution in [3.8, 4) is 0 Å². The number of rotatable bonds is 31. The number of hydrogen-bond acceptors (Lipinski definition) is 12. The molecule has 1 atom stereocenters. The molecular weight excluding hydrogens is 1170 g/mol. The summed E-state index contributed by atoms with van der Waals surface area (Å²) in [5.74, 6) is -0.170. The van der Waals surface area contributed by atoms with Crippen LogP contribution in [0.25, 0.3) is 0 Å². The Balaban J connectivity index is -0.000000224. The lowest BCUT2D eigenvalue weighted by molar-refractivity contribution is -0.945. The molecule has 17 nitrogen and oxygen atoms in total. The monoisotopic (exact) mass is 1290 g/mol. The summed E-state index contributed by atoms with van der Waals surface area (Å²) in [6, 6.07) is 6.21. The Labute approximate surface area is 504 Å². The SMILES string of the molecule is CC[N+](C)(C)CC[N+](C)(C)CCCCCOC.CC[N+](CC)(CC)Cc1cccc(COC)n1.COCCCCS(=O)(=O)O.COCCOCCOCC[N+]1(C)CCCN(C)CCN(C)CCCN(C)CC1.[Cl-].[Cl-].[Cl-].[I-]. The number of hydrogen-bond donors (Lipinski definition) is 1. The van der Waals surface area contributed by atoms with Gasteiger partial charge >= 0.3 is 0 Å². The number of likely N-dealkylation sites (N-methyl/N-ethyl adjacent to an activating group) is 6. The first-order valence-electron chi connectivity index (χ1n) is 27.4. The van der Waals surface area contributed by atoms with E-state index in [1.165, 1.54) is 96.7 Å². The second-order valence-electron chi connectivity index (χ2n) is 21.5. The normalized spacial score (nSPS) is 16.5. The maximum Gasteiger partial charge on any atom is 0.264 e. The Morgan fingerprint density at radius 2 is 1.07 bits per heavy atom. The van der Waals surface area contributed by atoms with Crippen molar-refractivity contribution in [1.82, 2.24) is 19.7 Å². The molecule has 1 fully saturated rings. The molecule has 2 rings (SSSR count). The van der Waals surface area contributed by atoms with Crippen LogP contribution in [0.3, 0.4) is 0 Å². The highest BCUT2D eigenvalue weighted by molar-refractivity contribution is 7.85. The standard InChI is InChI=1S/C21H47N4O3.C14H25N2O.C14H34N2O.C5H12O4S.3ClH.HI/c1-22-8-6-9-24(3)13-15-25(4,14-7-10-23(2)12-11-22)16-17-27-20-21-28-19-18-26-5;1-5-16(6-2,7-3)11-13-9-8-10-14(15-13)12-17-4;1-7-15(2,3)12-13-16(4,5)11-9-8-10-14-17-6;1-9-4-2-3-5-10(6,7)8;;;;/h6-21H2,1-5H3;8-10H,5-7,11-12H2,1-4H3;7-14H2,1-6H3;2-5H2,1H3,(H,6,7,8);4*1H/q2*+1;+2;;;;;/p-4. The van der Waals surface area contributed by atoms with Crippen LogP contribution < -0.4 is 61.2 Å². The molecule has 76 heavy (non-hydrogen) atoms. The van der Waals surface area contributed by atoms with Gasteiger partial charge in [-0.25, -0.2) is 4.98 Å². The topological polar surface area (TPSA) is 132 Å². The average molecular weight is 1290 g/mol. The zero-order valence-electron chi connectivity index (χ0n) is 51.3. The van der Waals surface area contributed by atoms with E-state index in [-0.39, 0.29) is 67.0 Å². The third-order valence-corrected chi connectivity index (χ3v) is 15.0. The molecule has 1 unspecified atom stereocenters. The quantitative estimate of drug-likeness (QED) is 0.0328. The second-order valence-corrected chi connectivity index (χ2v) is 23.1. The Morgan fingerprint density at radius 3 is 1.58 bits per heavy atom. The zero-order valence-corrected chi connectivity index (χ0v) is 56.5. The summed E-state index contributed by atoms with van der Waals surface area (Å²) in [6.07, 6.45) is 7.40. The van der Waals surface area contributed by atoms with Crippen molar-refractivity contribution >= 4 is 10.1 Å². The Hall–Kier alpha value is 0.140. The molecule has 1 aliphatic rings. The number of halogens is 4. The molecule has 1 aliphatic heterocycles. The highest BCUT2D eigenvalue weighted by Gasteiger charge is 2.24. The first kappa shape index (κ1) is 87.4. The van der Waals surface area contributed by atoms with E-state index in [0.717, 1.165) is 89.2 Å². The number of ether oxygens (including phenoxy) is 6. The van der Waals surface area contributed by atoms with Gasteiger partial charge in [0.05, 0.1) is 138 Å². The van der Waals surface area contributed by atoms with Crippen molar-refractivity contribution < 1.29 is 121 Å². The van der Waals surface area contributed by atoms with E-state index in [2.05, 4.69) is 121 Å². The van der Waals surface area contributed by atoms with Gasteiger partial charge in [0.25, 0.3) is 10.1 Å². The van der Waals surface area contributed by atoms with E-state index in [1.807, 2.05) is 6.07 Å². The summed E-state index contributed by atoms with van der Waals surface area (Å²) < 4.78 is 64.1. The molecule has 1 aromatic heterocycles. The van der Waals surface area contributed by atoms with Gasteiger partial charge in [-0.15, -0.1) is 0 Å². The van der Waals surface area contributed by atoms with Gasteiger partial charge in [-0.1, -0.05) is 6.07 Å². The third-order valence-electron chi connectivity index (χ3n) is 14.2. The summed E-state index contributed by atoms with van der Waals surface area (Å²) in [4.78, 5) is 12.1. The van der Waals surface area contributed by atoms with Gasteiger partial charge in [-0.3, -0.25) is 4.55 Å². The smallest absolute Gasteiger partial charge is 0.264 e. The van der Waals surface area contributed by atoms with Crippen LogP contribution in [0.4, 0.5) is 0 Å². The summed E-state index contributed by atoms with van der Waals surface area (Å²) in [6.45, 7) is 34.5. The predicted molar refractivity (Wildman–Crippen MR) is 299 cm³/mol. The molecule has 1 saturated heterocycles. The molecule has 0 bridgehead atoms. The molecule has 2 heterocycles. The molecule has 0 radical (unpaired) electrons. The van der Waals surface area contributed by atoms with Crippen LogP contribution >= 0.6 is 0 Å². The van der Waals surface area contributed by atoms with Crippen molar-refractivity contribution in [2.24, 2.45) is 0 Å². The lowest BCUT2D eigenvalue weighted by atomic mass is 10.2. The van der Waals surface area contributed by atoms with Gasteiger partial charge in [-0.05, 0) is 113 Å². The summed E-state index contributed by atoms with van der Waals surface area (Å²) >= 11 is 0. The Bertz CT molecular complexity index is 1510. The van der Waals surface area contributed by atoms with Gasteiger partial charge in [0, 0.05) is 74.3 Å². The van der Waals surface area contributed by atoms with Crippen molar-refractivity contribution in [1.29, 1.82) is 0 Å². The molecule has 0 aliphatic carbocycles. The van der Waals surface area contributed by atoms with Crippen LogP contribution in [-0.4, -0.2) is 292 Å². The van der Waals surface area contributed by atoms with Crippen LogP contribution in [0.15, 0.2) is 18.2 Å². The molecule has 22 heteroatoms. The summed E-state index contributed by atoms with van der Waals surface area (Å²) in [5, 5.41) is 0. The van der Waals surface area contributed by atoms with Crippen LogP contribution in [0.1, 0.15) is 84.0 Å². The van der Waals surface area contributed by atoms with E-state index in [0.29, 0.717) is 52.5 Å². The maximum atomic E-state index is 10.1. The average Bonchev–Trinajstić information content (AvgIpc) is 3.34. The molecular formula is C54H118Cl3IN8O9S. The Kier molecular flexibility index (Phi) is 61.1. The van der Waals surface area contributed by atoms with Gasteiger partial charge in [0.15, 0.2) is 0 Å². The lowest BCUT2D eigenvalue weighted by Gasteiger charge is -2.37. The van der Waals surface area contributed by atoms with Crippen LogP contribution in [0, 0.1) is 0 Å². The summed E-state index contributed by atoms with van der Waals surface area (Å²) in [7, 11) is 21.5. The van der Waals surface area contributed by atoms with E-state index in [4.69, 9.17) is 28.2 Å². The fourth-order valence-electron chi connectivity index (χ4n) is 8.01. The van der Waals surface area contributed by atoms with E-state index in [1.54, 1.807) is 28.4 Å². The number of methoxy groups -OCH3 is 4. The molecule has 0 spiro atoms. The maximum absolute atomic E-state index is 10.1. The molecule has 462 valence electrons. The minimum atomic E-state index is -3.76. The predicted octanol–water partition coefficient (Wildman–Crippen LogP) is -6.40. The van der Waals surface area contributed by atoms with Gasteiger partial charge < -0.3 is 122 Å². The van der Waals surface area contributed by atoms with Crippen molar-refractivity contribution in [2.45, 2.75) is 85.8 Å². The third kappa shape index (κ3) is 52.2. The molecule has 0 aromatic carbocycles. The number of unbranched alkanes of at least 4 members (excludes halogenated alkanes) is 3. The van der Waals surface area contributed by atoms with Crippen LogP contribution in [0.2, 0.25) is 0 Å². The van der Waals surface area contributed by atoms with Crippen molar-refractivity contribution in [3.05, 3.63) is 29.6 Å². The lowest BCUT2D eigenvalue weighted by Crippen LogP contribution is -3.00. The highest BCUT2D eigenvalue weighted by Crippen LogP contribution is 2.14. The first-order chi connectivity index (χ1) is 34.0. The second kappa shape index (κ2) is 53.2. The fourth-order valence-corrected chi connectivity index (χ4v) is 8.58. The number of nitrogens with zero attached hydrogens (tertiary/aromatic N) is 8. The minimum Gasteiger partial charge on any atom is -1.00 e. The number of pyridine rings is 1. The number of aromatic nitrogens is 1.